The number of hydrogen-bond acceptors (Lipinski definition) is 7. The largest absolute Gasteiger partial charge is 0.497 e. The standard InChI is InChI=1S/C24H23N5O4/c1-31-12-6-11-28-14-25-22-20(24(28)30)21-23(27-17-8-5-4-7-16(17)26-21)29(22)18-13-15(32-2)9-10-19(18)33-3/h4-5,7-10,13-14H,6,11-12H2,1-3H3. The summed E-state index contributed by atoms with van der Waals surface area (Å²) in [6, 6.07) is 13.0. The first-order valence-corrected chi connectivity index (χ1v) is 10.5. The Morgan fingerprint density at radius 3 is 2.45 bits per heavy atom. The van der Waals surface area contributed by atoms with Crippen LogP contribution in [0.5, 0.6) is 11.5 Å². The molecule has 0 saturated carbocycles. The number of aryl methyl sites for hydroxylation is 1. The molecule has 2 aromatic carbocycles. The van der Waals surface area contributed by atoms with E-state index in [4.69, 9.17) is 24.2 Å². The van der Waals surface area contributed by atoms with Crippen LogP contribution in [0.4, 0.5) is 0 Å². The van der Waals surface area contributed by atoms with Gasteiger partial charge in [-0.15, -0.1) is 0 Å². The zero-order chi connectivity index (χ0) is 22.9. The lowest BCUT2D eigenvalue weighted by Gasteiger charge is -2.13. The van der Waals surface area contributed by atoms with Crippen LogP contribution in [0.25, 0.3) is 38.9 Å². The van der Waals surface area contributed by atoms with Gasteiger partial charge in [0.05, 0.1) is 37.3 Å². The predicted molar refractivity (Wildman–Crippen MR) is 126 cm³/mol. The molecule has 0 N–H and O–H groups in total. The Hall–Kier alpha value is -3.98. The van der Waals surface area contributed by atoms with Crippen molar-refractivity contribution in [1.82, 2.24) is 24.1 Å². The molecule has 33 heavy (non-hydrogen) atoms. The van der Waals surface area contributed by atoms with E-state index in [9.17, 15) is 4.79 Å². The Balaban J connectivity index is 1.89. The Kier molecular flexibility index (Phi) is 5.39. The quantitative estimate of drug-likeness (QED) is 0.355. The van der Waals surface area contributed by atoms with Crippen LogP contribution in [0.1, 0.15) is 6.42 Å². The molecule has 168 valence electrons. The van der Waals surface area contributed by atoms with E-state index in [-0.39, 0.29) is 5.56 Å². The van der Waals surface area contributed by atoms with Crippen molar-refractivity contribution in [2.75, 3.05) is 27.9 Å². The highest BCUT2D eigenvalue weighted by atomic mass is 16.5. The highest BCUT2D eigenvalue weighted by Crippen LogP contribution is 2.34. The van der Waals surface area contributed by atoms with Crippen molar-refractivity contribution in [3.05, 3.63) is 59.1 Å². The number of rotatable bonds is 7. The summed E-state index contributed by atoms with van der Waals surface area (Å²) in [4.78, 5) is 27.9. The molecule has 0 unspecified atom stereocenters. The fourth-order valence-corrected chi connectivity index (χ4v) is 4.01. The lowest BCUT2D eigenvalue weighted by atomic mass is 10.2. The second-order valence-electron chi connectivity index (χ2n) is 7.55. The molecule has 0 saturated heterocycles. The van der Waals surface area contributed by atoms with Gasteiger partial charge < -0.3 is 14.2 Å². The molecule has 0 atom stereocenters. The maximum atomic E-state index is 13.5. The molecule has 0 fully saturated rings. The Bertz CT molecular complexity index is 1540. The molecule has 3 aromatic heterocycles. The monoisotopic (exact) mass is 445 g/mol. The first kappa shape index (κ1) is 20.9. The van der Waals surface area contributed by atoms with Crippen LogP contribution >= 0.6 is 0 Å². The number of methoxy groups -OCH3 is 3. The van der Waals surface area contributed by atoms with Crippen LogP contribution in [0.2, 0.25) is 0 Å². The normalized spacial score (nSPS) is 11.5. The first-order valence-electron chi connectivity index (χ1n) is 10.5. The average Bonchev–Trinajstić information content (AvgIpc) is 3.17. The summed E-state index contributed by atoms with van der Waals surface area (Å²) in [5, 5.41) is 0.410. The van der Waals surface area contributed by atoms with Crippen molar-refractivity contribution in [1.29, 1.82) is 0 Å². The lowest BCUT2D eigenvalue weighted by Crippen LogP contribution is -2.21. The van der Waals surface area contributed by atoms with Gasteiger partial charge in [-0.1, -0.05) is 12.1 Å². The van der Waals surface area contributed by atoms with Crippen LogP contribution < -0.4 is 15.0 Å². The van der Waals surface area contributed by atoms with Gasteiger partial charge in [-0.25, -0.2) is 15.0 Å². The second kappa shape index (κ2) is 8.51. The highest BCUT2D eigenvalue weighted by Gasteiger charge is 2.23. The predicted octanol–water partition coefficient (Wildman–Crippen LogP) is 3.34. The lowest BCUT2D eigenvalue weighted by molar-refractivity contribution is 0.190. The van der Waals surface area contributed by atoms with Gasteiger partial charge in [0.2, 0.25) is 0 Å². The zero-order valence-electron chi connectivity index (χ0n) is 18.6. The number of fused-ring (bicyclic) bond motifs is 4. The molecule has 0 spiro atoms. The first-order chi connectivity index (χ1) is 16.2. The Morgan fingerprint density at radius 2 is 1.73 bits per heavy atom. The fourth-order valence-electron chi connectivity index (χ4n) is 4.01. The number of aromatic nitrogens is 5. The third-order valence-corrected chi connectivity index (χ3v) is 5.60. The third-order valence-electron chi connectivity index (χ3n) is 5.60. The number of hydrogen-bond donors (Lipinski definition) is 0. The topological polar surface area (TPSA) is 93.3 Å². The van der Waals surface area contributed by atoms with Gasteiger partial charge in [-0.2, -0.15) is 0 Å². The molecule has 0 aliphatic rings. The van der Waals surface area contributed by atoms with E-state index in [1.807, 2.05) is 47.0 Å². The van der Waals surface area contributed by atoms with Crippen LogP contribution in [-0.2, 0) is 11.3 Å². The van der Waals surface area contributed by atoms with Crippen LogP contribution in [0, 0.1) is 0 Å². The maximum absolute atomic E-state index is 13.5. The minimum atomic E-state index is -0.175. The van der Waals surface area contributed by atoms with Gasteiger partial charge in [0, 0.05) is 26.3 Å². The van der Waals surface area contributed by atoms with Crippen molar-refractivity contribution in [3.63, 3.8) is 0 Å². The molecule has 5 aromatic rings. The number of ether oxygens (including phenoxy) is 3. The van der Waals surface area contributed by atoms with Gasteiger partial charge >= 0.3 is 0 Å². The summed E-state index contributed by atoms with van der Waals surface area (Å²) in [6.07, 6.45) is 2.25. The summed E-state index contributed by atoms with van der Waals surface area (Å²) < 4.78 is 19.6. The average molecular weight is 445 g/mol. The molecule has 0 bridgehead atoms. The summed E-state index contributed by atoms with van der Waals surface area (Å²) >= 11 is 0. The van der Waals surface area contributed by atoms with E-state index < -0.39 is 0 Å². The SMILES string of the molecule is COCCCn1cnc2c(c1=O)c1nc3ccccc3nc1n2-c1cc(OC)ccc1OC. The number of nitrogens with zero attached hydrogens (tertiary/aromatic N) is 5. The molecule has 5 rings (SSSR count). The highest BCUT2D eigenvalue weighted by molar-refractivity contribution is 6.06. The van der Waals surface area contributed by atoms with Crippen molar-refractivity contribution in [2.45, 2.75) is 13.0 Å². The van der Waals surface area contributed by atoms with Gasteiger partial charge in [0.25, 0.3) is 5.56 Å². The van der Waals surface area contributed by atoms with E-state index in [1.54, 1.807) is 32.2 Å². The molecule has 3 heterocycles. The Labute approximate surface area is 189 Å². The molecule has 0 radical (unpaired) electrons. The van der Waals surface area contributed by atoms with Gasteiger partial charge in [0.1, 0.15) is 22.4 Å². The van der Waals surface area contributed by atoms with Crippen molar-refractivity contribution in [2.24, 2.45) is 0 Å². The van der Waals surface area contributed by atoms with Crippen LogP contribution in [0.3, 0.4) is 0 Å². The van der Waals surface area contributed by atoms with Gasteiger partial charge in [0.15, 0.2) is 11.3 Å². The van der Waals surface area contributed by atoms with E-state index in [0.29, 0.717) is 64.5 Å². The summed E-state index contributed by atoms with van der Waals surface area (Å²) in [5.74, 6) is 1.23. The van der Waals surface area contributed by atoms with Gasteiger partial charge in [-0.05, 0) is 30.7 Å². The molecule has 0 amide bonds. The molecule has 0 aliphatic heterocycles. The zero-order valence-corrected chi connectivity index (χ0v) is 18.6. The second-order valence-corrected chi connectivity index (χ2v) is 7.55. The van der Waals surface area contributed by atoms with E-state index in [1.165, 1.54) is 0 Å². The number of benzene rings is 2. The smallest absolute Gasteiger partial charge is 0.265 e. The van der Waals surface area contributed by atoms with Crippen molar-refractivity contribution < 1.29 is 14.2 Å². The van der Waals surface area contributed by atoms with Crippen molar-refractivity contribution in [3.8, 4) is 17.2 Å². The molecular weight excluding hydrogens is 422 g/mol. The van der Waals surface area contributed by atoms with Crippen molar-refractivity contribution >= 4 is 33.2 Å². The fraction of sp³-hybridized carbons (Fsp3) is 0.250. The molecule has 0 aliphatic carbocycles. The van der Waals surface area contributed by atoms with E-state index in [2.05, 4.69) is 4.98 Å². The maximum Gasteiger partial charge on any atom is 0.265 e. The summed E-state index contributed by atoms with van der Waals surface area (Å²) in [5.41, 5.74) is 3.38. The van der Waals surface area contributed by atoms with Crippen LogP contribution in [0.15, 0.2) is 53.6 Å². The summed E-state index contributed by atoms with van der Waals surface area (Å²) in [7, 11) is 4.83. The molecular formula is C24H23N5O4. The Morgan fingerprint density at radius 1 is 0.939 bits per heavy atom. The molecule has 9 nitrogen and oxygen atoms in total. The van der Waals surface area contributed by atoms with Crippen LogP contribution in [-0.4, -0.2) is 52.0 Å². The van der Waals surface area contributed by atoms with E-state index >= 15 is 0 Å². The summed E-state index contributed by atoms with van der Waals surface area (Å²) in [6.45, 7) is 1.05. The third kappa shape index (κ3) is 3.46. The minimum Gasteiger partial charge on any atom is -0.497 e. The van der Waals surface area contributed by atoms with Gasteiger partial charge in [-0.3, -0.25) is 13.9 Å². The molecule has 9 heteroatoms. The minimum absolute atomic E-state index is 0.175. The van der Waals surface area contributed by atoms with E-state index in [0.717, 1.165) is 5.52 Å². The number of para-hydroxylation sites is 2.